The number of pyridine rings is 1. The summed E-state index contributed by atoms with van der Waals surface area (Å²) in [6.07, 6.45) is 5.42. The number of nitrogens with one attached hydrogen (secondary N) is 1. The number of hydrogen-bond donors (Lipinski definition) is 1. The van der Waals surface area contributed by atoms with E-state index in [0.717, 1.165) is 21.8 Å². The minimum absolute atomic E-state index is 0.141. The summed E-state index contributed by atoms with van der Waals surface area (Å²) in [6, 6.07) is 9.17. The summed E-state index contributed by atoms with van der Waals surface area (Å²) < 4.78 is 31.7. The first kappa shape index (κ1) is 17.0. The Labute approximate surface area is 155 Å². The number of imidazole rings is 1. The lowest BCUT2D eigenvalue weighted by Crippen LogP contribution is -2.22. The van der Waals surface area contributed by atoms with E-state index in [0.29, 0.717) is 5.69 Å². The van der Waals surface area contributed by atoms with Crippen molar-refractivity contribution in [2.24, 2.45) is 7.05 Å². The molecule has 0 aliphatic heterocycles. The van der Waals surface area contributed by atoms with Crippen molar-refractivity contribution in [1.82, 2.24) is 23.9 Å². The average Bonchev–Trinajstić information content (AvgIpc) is 3.32. The molecule has 9 heteroatoms. The van der Waals surface area contributed by atoms with Crippen LogP contribution < -0.4 is 4.72 Å². The molecule has 4 aromatic heterocycles. The second kappa shape index (κ2) is 6.35. The molecule has 26 heavy (non-hydrogen) atoms. The topological polar surface area (TPSA) is 81.3 Å². The minimum Gasteiger partial charge on any atom is -0.307 e. The minimum atomic E-state index is -3.60. The van der Waals surface area contributed by atoms with Gasteiger partial charge < -0.3 is 4.40 Å². The van der Waals surface area contributed by atoms with E-state index in [2.05, 4.69) is 14.8 Å². The number of thiophene rings is 1. The summed E-state index contributed by atoms with van der Waals surface area (Å²) in [5.41, 5.74) is 3.43. The number of aromatic nitrogens is 4. The second-order valence-corrected chi connectivity index (χ2v) is 9.02. The van der Waals surface area contributed by atoms with E-state index in [4.69, 9.17) is 0 Å². The number of hydrogen-bond acceptors (Lipinski definition) is 5. The van der Waals surface area contributed by atoms with E-state index in [9.17, 15) is 8.42 Å². The van der Waals surface area contributed by atoms with Crippen LogP contribution in [0.25, 0.3) is 16.2 Å². The zero-order valence-corrected chi connectivity index (χ0v) is 15.9. The monoisotopic (exact) mass is 387 g/mol. The van der Waals surface area contributed by atoms with Crippen LogP contribution in [0.2, 0.25) is 0 Å². The molecule has 4 rings (SSSR count). The van der Waals surface area contributed by atoms with Crippen LogP contribution in [0.15, 0.2) is 53.1 Å². The van der Waals surface area contributed by atoms with Gasteiger partial charge >= 0.3 is 0 Å². The summed E-state index contributed by atoms with van der Waals surface area (Å²) in [6.45, 7) is 2.12. The van der Waals surface area contributed by atoms with Crippen LogP contribution in [0, 0.1) is 6.92 Å². The molecule has 0 spiro atoms. The zero-order chi connectivity index (χ0) is 18.3. The van der Waals surface area contributed by atoms with Gasteiger partial charge in [0.25, 0.3) is 0 Å². The molecule has 0 aliphatic rings. The summed E-state index contributed by atoms with van der Waals surface area (Å²) in [7, 11) is -1.77. The van der Waals surface area contributed by atoms with Crippen molar-refractivity contribution in [3.63, 3.8) is 0 Å². The Morgan fingerprint density at radius 2 is 2.08 bits per heavy atom. The fraction of sp³-hybridized carbons (Fsp3) is 0.176. The fourth-order valence-electron chi connectivity index (χ4n) is 2.75. The molecule has 0 atom stereocenters. The van der Waals surface area contributed by atoms with Crippen LogP contribution in [0.4, 0.5) is 0 Å². The highest BCUT2D eigenvalue weighted by molar-refractivity contribution is 7.91. The van der Waals surface area contributed by atoms with Crippen LogP contribution >= 0.6 is 11.3 Å². The maximum absolute atomic E-state index is 12.6. The molecule has 0 aliphatic carbocycles. The maximum Gasteiger partial charge on any atom is 0.250 e. The Morgan fingerprint density at radius 1 is 1.23 bits per heavy atom. The van der Waals surface area contributed by atoms with E-state index in [-0.39, 0.29) is 10.8 Å². The molecule has 4 heterocycles. The first-order valence-electron chi connectivity index (χ1n) is 7.95. The van der Waals surface area contributed by atoms with Gasteiger partial charge in [-0.15, -0.1) is 11.3 Å². The number of aryl methyl sites for hydroxylation is 2. The molecule has 0 unspecified atom stereocenters. The molecule has 1 N–H and O–H groups in total. The number of sulfonamides is 1. The van der Waals surface area contributed by atoms with E-state index in [1.807, 2.05) is 49.0 Å². The Balaban J connectivity index is 1.54. The molecule has 0 aromatic carbocycles. The smallest absolute Gasteiger partial charge is 0.250 e. The summed E-state index contributed by atoms with van der Waals surface area (Å²) in [5.74, 6) is 0. The van der Waals surface area contributed by atoms with Gasteiger partial charge in [-0.1, -0.05) is 6.07 Å². The lowest BCUT2D eigenvalue weighted by atomic mass is 10.3. The zero-order valence-electron chi connectivity index (χ0n) is 14.2. The highest BCUT2D eigenvalue weighted by Crippen LogP contribution is 2.30. The number of nitrogens with zero attached hydrogens (tertiary/aromatic N) is 4. The number of fused-ring (bicyclic) bond motifs is 1. The molecule has 4 aromatic rings. The highest BCUT2D eigenvalue weighted by atomic mass is 32.2. The Bertz CT molecular complexity index is 1190. The van der Waals surface area contributed by atoms with Gasteiger partial charge in [0.05, 0.1) is 22.8 Å². The molecule has 0 fully saturated rings. The third-order valence-corrected chi connectivity index (χ3v) is 7.09. The average molecular weight is 387 g/mol. The van der Waals surface area contributed by atoms with Crippen LogP contribution in [-0.2, 0) is 23.6 Å². The molecule has 0 saturated heterocycles. The van der Waals surface area contributed by atoms with Crippen molar-refractivity contribution < 1.29 is 8.42 Å². The van der Waals surface area contributed by atoms with Gasteiger partial charge in [0, 0.05) is 25.6 Å². The van der Waals surface area contributed by atoms with Crippen molar-refractivity contribution >= 4 is 27.0 Å². The van der Waals surface area contributed by atoms with Crippen LogP contribution in [0.3, 0.4) is 0 Å². The first-order valence-corrected chi connectivity index (χ1v) is 10.2. The van der Waals surface area contributed by atoms with Crippen molar-refractivity contribution in [3.05, 3.63) is 60.2 Å². The number of rotatable bonds is 5. The van der Waals surface area contributed by atoms with E-state index in [1.54, 1.807) is 23.0 Å². The molecule has 0 radical (unpaired) electrons. The van der Waals surface area contributed by atoms with E-state index >= 15 is 0 Å². The van der Waals surface area contributed by atoms with Crippen molar-refractivity contribution in [2.75, 3.05) is 0 Å². The summed E-state index contributed by atoms with van der Waals surface area (Å²) in [5, 5.41) is 4.12. The highest BCUT2D eigenvalue weighted by Gasteiger charge is 2.18. The summed E-state index contributed by atoms with van der Waals surface area (Å²) in [4.78, 5) is 5.35. The predicted molar refractivity (Wildman–Crippen MR) is 100 cm³/mol. The Kier molecular flexibility index (Phi) is 4.14. The third-order valence-electron chi connectivity index (χ3n) is 4.09. The van der Waals surface area contributed by atoms with Crippen LogP contribution in [0.5, 0.6) is 0 Å². The van der Waals surface area contributed by atoms with Crippen molar-refractivity contribution in [3.8, 4) is 10.6 Å². The molecule has 134 valence electrons. The van der Waals surface area contributed by atoms with Gasteiger partial charge in [0.2, 0.25) is 10.0 Å². The molecule has 0 bridgehead atoms. The van der Waals surface area contributed by atoms with Gasteiger partial charge in [-0.25, -0.2) is 18.1 Å². The Morgan fingerprint density at radius 3 is 2.81 bits per heavy atom. The van der Waals surface area contributed by atoms with E-state index in [1.165, 1.54) is 11.3 Å². The first-order chi connectivity index (χ1) is 12.4. The quantitative estimate of drug-likeness (QED) is 0.571. The SMILES string of the molecule is Cc1cccn2cc(CNS(=O)(=O)c3ccc(-c4ccnn4C)s3)nc12. The molecule has 7 nitrogen and oxygen atoms in total. The standard InChI is InChI=1S/C17H17N5O2S2/c1-12-4-3-9-22-11-13(20-17(12)22)10-19-26(23,24)16-6-5-15(25-16)14-7-8-18-21(14)2/h3-9,11,19H,10H2,1-2H3. The fourth-order valence-corrected chi connectivity index (χ4v) is 5.15. The largest absolute Gasteiger partial charge is 0.307 e. The van der Waals surface area contributed by atoms with Gasteiger partial charge in [0.15, 0.2) is 0 Å². The van der Waals surface area contributed by atoms with Crippen molar-refractivity contribution in [2.45, 2.75) is 17.7 Å². The maximum atomic E-state index is 12.6. The van der Waals surface area contributed by atoms with Gasteiger partial charge in [-0.3, -0.25) is 4.68 Å². The van der Waals surface area contributed by atoms with Gasteiger partial charge in [0.1, 0.15) is 9.86 Å². The van der Waals surface area contributed by atoms with E-state index < -0.39 is 10.0 Å². The molecular weight excluding hydrogens is 370 g/mol. The summed E-state index contributed by atoms with van der Waals surface area (Å²) >= 11 is 1.22. The van der Waals surface area contributed by atoms with Crippen LogP contribution in [-0.4, -0.2) is 27.6 Å². The third kappa shape index (κ3) is 3.05. The lowest BCUT2D eigenvalue weighted by Gasteiger charge is -2.02. The molecule has 0 amide bonds. The molecule has 0 saturated carbocycles. The lowest BCUT2D eigenvalue weighted by molar-refractivity contribution is 0.583. The van der Waals surface area contributed by atoms with Gasteiger partial charge in [-0.2, -0.15) is 5.10 Å². The van der Waals surface area contributed by atoms with Crippen LogP contribution in [0.1, 0.15) is 11.3 Å². The normalized spacial score (nSPS) is 12.1. The second-order valence-electron chi connectivity index (χ2n) is 5.94. The van der Waals surface area contributed by atoms with Gasteiger partial charge in [-0.05, 0) is 36.8 Å². The predicted octanol–water partition coefficient (Wildman–Crippen LogP) is 2.58. The Hall–Kier alpha value is -2.49. The van der Waals surface area contributed by atoms with Crippen molar-refractivity contribution in [1.29, 1.82) is 0 Å². The molecular formula is C17H17N5O2S2.